The van der Waals surface area contributed by atoms with Crippen LogP contribution in [0, 0.1) is 0 Å². The Hall–Kier alpha value is -1.46. The standard InChI is InChI=1S/C13H19N3O2/c14-12(17)13(18)6-3-8-16(10-13)9-5-11-4-1-2-7-15-11/h1-2,4,7,18H,3,5-6,8-10H2,(H2,14,17)/t13-/m0/s1. The Morgan fingerprint density at radius 3 is 3.06 bits per heavy atom. The molecule has 1 fully saturated rings. The number of carbonyl (C=O) groups is 1. The van der Waals surface area contributed by atoms with Gasteiger partial charge in [-0.1, -0.05) is 6.07 Å². The van der Waals surface area contributed by atoms with Gasteiger partial charge in [0.25, 0.3) is 5.91 Å². The molecule has 0 aromatic carbocycles. The number of likely N-dealkylation sites (tertiary alicyclic amines) is 1. The van der Waals surface area contributed by atoms with Crippen LogP contribution in [-0.4, -0.2) is 46.1 Å². The van der Waals surface area contributed by atoms with Gasteiger partial charge in [-0.15, -0.1) is 0 Å². The molecular formula is C13H19N3O2. The van der Waals surface area contributed by atoms with E-state index < -0.39 is 11.5 Å². The van der Waals surface area contributed by atoms with E-state index in [0.29, 0.717) is 13.0 Å². The summed E-state index contributed by atoms with van der Waals surface area (Å²) in [4.78, 5) is 17.6. The molecule has 0 radical (unpaired) electrons. The van der Waals surface area contributed by atoms with Crippen LogP contribution in [0.25, 0.3) is 0 Å². The third kappa shape index (κ3) is 3.05. The van der Waals surface area contributed by atoms with E-state index in [1.54, 1.807) is 6.20 Å². The molecule has 1 aromatic rings. The quantitative estimate of drug-likeness (QED) is 0.783. The first-order valence-electron chi connectivity index (χ1n) is 6.25. The van der Waals surface area contributed by atoms with E-state index in [-0.39, 0.29) is 0 Å². The maximum absolute atomic E-state index is 11.2. The Labute approximate surface area is 107 Å². The molecule has 2 heterocycles. The summed E-state index contributed by atoms with van der Waals surface area (Å²) in [5, 5.41) is 10.1. The monoisotopic (exact) mass is 249 g/mol. The number of nitrogens with two attached hydrogens (primary N) is 1. The first-order chi connectivity index (χ1) is 8.60. The molecule has 1 atom stereocenters. The lowest BCUT2D eigenvalue weighted by atomic mass is 9.92. The Morgan fingerprint density at radius 2 is 2.39 bits per heavy atom. The fraction of sp³-hybridized carbons (Fsp3) is 0.538. The molecule has 0 aliphatic carbocycles. The Balaban J connectivity index is 1.89. The van der Waals surface area contributed by atoms with Crippen LogP contribution in [0.15, 0.2) is 24.4 Å². The van der Waals surface area contributed by atoms with Crippen molar-refractivity contribution in [3.8, 4) is 0 Å². The number of hydrogen-bond acceptors (Lipinski definition) is 4. The summed E-state index contributed by atoms with van der Waals surface area (Å²) in [5.74, 6) is -0.620. The molecule has 0 unspecified atom stereocenters. The van der Waals surface area contributed by atoms with Crippen molar-refractivity contribution in [3.05, 3.63) is 30.1 Å². The number of pyridine rings is 1. The molecule has 1 aliphatic heterocycles. The van der Waals surface area contributed by atoms with Crippen molar-refractivity contribution >= 4 is 5.91 Å². The summed E-state index contributed by atoms with van der Waals surface area (Å²) in [6, 6.07) is 5.82. The van der Waals surface area contributed by atoms with Crippen LogP contribution in [0.5, 0.6) is 0 Å². The first kappa shape index (κ1) is 13.0. The fourth-order valence-corrected chi connectivity index (χ4v) is 2.33. The third-order valence-corrected chi connectivity index (χ3v) is 3.42. The van der Waals surface area contributed by atoms with Crippen molar-refractivity contribution in [2.45, 2.75) is 24.9 Å². The average Bonchev–Trinajstić information content (AvgIpc) is 2.38. The predicted molar refractivity (Wildman–Crippen MR) is 67.8 cm³/mol. The minimum Gasteiger partial charge on any atom is -0.379 e. The largest absolute Gasteiger partial charge is 0.379 e. The van der Waals surface area contributed by atoms with Crippen LogP contribution in [0.1, 0.15) is 18.5 Å². The predicted octanol–water partition coefficient (Wildman–Crippen LogP) is -0.0637. The van der Waals surface area contributed by atoms with E-state index in [4.69, 9.17) is 5.73 Å². The average molecular weight is 249 g/mol. The molecule has 0 spiro atoms. The second-order valence-electron chi connectivity index (χ2n) is 4.85. The molecular weight excluding hydrogens is 230 g/mol. The number of primary amides is 1. The van der Waals surface area contributed by atoms with Gasteiger partial charge in [-0.2, -0.15) is 0 Å². The lowest BCUT2D eigenvalue weighted by Crippen LogP contribution is -2.56. The number of carbonyl (C=O) groups excluding carboxylic acids is 1. The Morgan fingerprint density at radius 1 is 1.56 bits per heavy atom. The fourth-order valence-electron chi connectivity index (χ4n) is 2.33. The SMILES string of the molecule is NC(=O)[C@]1(O)CCCN(CCc2ccccn2)C1. The number of piperidine rings is 1. The summed E-state index contributed by atoms with van der Waals surface area (Å²) < 4.78 is 0. The van der Waals surface area contributed by atoms with Crippen molar-refractivity contribution in [1.29, 1.82) is 0 Å². The summed E-state index contributed by atoms with van der Waals surface area (Å²) >= 11 is 0. The van der Waals surface area contributed by atoms with Gasteiger partial charge in [0.05, 0.1) is 0 Å². The zero-order valence-corrected chi connectivity index (χ0v) is 10.4. The summed E-state index contributed by atoms with van der Waals surface area (Å²) in [5.41, 5.74) is 4.90. The molecule has 1 saturated heterocycles. The van der Waals surface area contributed by atoms with E-state index in [2.05, 4.69) is 9.88 Å². The summed E-state index contributed by atoms with van der Waals surface area (Å²) in [6.07, 6.45) is 3.84. The summed E-state index contributed by atoms with van der Waals surface area (Å²) in [6.45, 7) is 2.00. The van der Waals surface area contributed by atoms with Gasteiger partial charge in [0.2, 0.25) is 0 Å². The van der Waals surface area contributed by atoms with Gasteiger partial charge in [0.15, 0.2) is 5.60 Å². The topological polar surface area (TPSA) is 79.5 Å². The molecule has 3 N–H and O–H groups in total. The van der Waals surface area contributed by atoms with Gasteiger partial charge in [0.1, 0.15) is 0 Å². The van der Waals surface area contributed by atoms with Gasteiger partial charge in [-0.25, -0.2) is 0 Å². The number of rotatable bonds is 4. The second kappa shape index (κ2) is 5.46. The van der Waals surface area contributed by atoms with E-state index in [1.807, 2.05) is 18.2 Å². The van der Waals surface area contributed by atoms with Crippen LogP contribution in [0.3, 0.4) is 0 Å². The zero-order valence-electron chi connectivity index (χ0n) is 10.4. The van der Waals surface area contributed by atoms with Crippen molar-refractivity contribution in [3.63, 3.8) is 0 Å². The van der Waals surface area contributed by atoms with Gasteiger partial charge < -0.3 is 10.8 Å². The maximum atomic E-state index is 11.2. The van der Waals surface area contributed by atoms with Crippen molar-refractivity contribution < 1.29 is 9.90 Å². The second-order valence-corrected chi connectivity index (χ2v) is 4.85. The molecule has 1 amide bonds. The molecule has 5 heteroatoms. The highest BCUT2D eigenvalue weighted by atomic mass is 16.3. The van der Waals surface area contributed by atoms with E-state index in [9.17, 15) is 9.90 Å². The first-order valence-corrected chi connectivity index (χ1v) is 6.25. The highest BCUT2D eigenvalue weighted by molar-refractivity contribution is 5.83. The number of hydrogen-bond donors (Lipinski definition) is 2. The normalized spacial score (nSPS) is 24.9. The van der Waals surface area contributed by atoms with Crippen LogP contribution in [0.2, 0.25) is 0 Å². The lowest BCUT2D eigenvalue weighted by Gasteiger charge is -2.36. The number of β-amino-alcohol motifs (C(OH)–C–C–N with tert-alkyl or cyclic N) is 1. The van der Waals surface area contributed by atoms with Crippen LogP contribution >= 0.6 is 0 Å². The number of aromatic nitrogens is 1. The lowest BCUT2D eigenvalue weighted by molar-refractivity contribution is -0.142. The van der Waals surface area contributed by atoms with Crippen molar-refractivity contribution in [2.75, 3.05) is 19.6 Å². The number of nitrogens with zero attached hydrogens (tertiary/aromatic N) is 2. The van der Waals surface area contributed by atoms with Crippen LogP contribution in [-0.2, 0) is 11.2 Å². The maximum Gasteiger partial charge on any atom is 0.250 e. The molecule has 1 aliphatic rings. The minimum absolute atomic E-state index is 0.329. The van der Waals surface area contributed by atoms with Gasteiger partial charge in [-0.05, 0) is 31.5 Å². The zero-order chi connectivity index (χ0) is 13.0. The van der Waals surface area contributed by atoms with Crippen molar-refractivity contribution in [2.24, 2.45) is 5.73 Å². The molecule has 5 nitrogen and oxygen atoms in total. The van der Waals surface area contributed by atoms with Crippen LogP contribution < -0.4 is 5.73 Å². The molecule has 1 aromatic heterocycles. The molecule has 2 rings (SSSR count). The third-order valence-electron chi connectivity index (χ3n) is 3.42. The van der Waals surface area contributed by atoms with E-state index >= 15 is 0 Å². The molecule has 98 valence electrons. The molecule has 18 heavy (non-hydrogen) atoms. The summed E-state index contributed by atoms with van der Waals surface area (Å²) in [7, 11) is 0. The van der Waals surface area contributed by atoms with Crippen LogP contribution in [0.4, 0.5) is 0 Å². The molecule has 0 saturated carbocycles. The van der Waals surface area contributed by atoms with E-state index in [1.165, 1.54) is 0 Å². The highest BCUT2D eigenvalue weighted by Gasteiger charge is 2.38. The van der Waals surface area contributed by atoms with Gasteiger partial charge in [-0.3, -0.25) is 14.7 Å². The van der Waals surface area contributed by atoms with Crippen molar-refractivity contribution in [1.82, 2.24) is 9.88 Å². The van der Waals surface area contributed by atoms with Gasteiger partial charge in [0, 0.05) is 31.4 Å². The minimum atomic E-state index is -1.36. The number of aliphatic hydroxyl groups is 1. The highest BCUT2D eigenvalue weighted by Crippen LogP contribution is 2.20. The smallest absolute Gasteiger partial charge is 0.250 e. The number of amides is 1. The van der Waals surface area contributed by atoms with Gasteiger partial charge >= 0.3 is 0 Å². The Bertz CT molecular complexity index is 410. The van der Waals surface area contributed by atoms with E-state index in [0.717, 1.165) is 31.6 Å². The molecule has 0 bridgehead atoms. The Kier molecular flexibility index (Phi) is 3.93.